The SMILES string of the molecule is COCCC(C)NCC1CCC(C(=O)O)O1. The van der Waals surface area contributed by atoms with E-state index in [0.717, 1.165) is 19.4 Å². The summed E-state index contributed by atoms with van der Waals surface area (Å²) in [5, 5.41) is 12.1. The quantitative estimate of drug-likeness (QED) is 0.672. The van der Waals surface area contributed by atoms with E-state index < -0.39 is 12.1 Å². The molecule has 5 nitrogen and oxygen atoms in total. The van der Waals surface area contributed by atoms with Gasteiger partial charge in [-0.1, -0.05) is 0 Å². The van der Waals surface area contributed by atoms with Gasteiger partial charge >= 0.3 is 5.97 Å². The third-order valence-electron chi connectivity index (χ3n) is 2.83. The van der Waals surface area contributed by atoms with Crippen molar-refractivity contribution in [2.75, 3.05) is 20.3 Å². The van der Waals surface area contributed by atoms with E-state index in [-0.39, 0.29) is 6.10 Å². The smallest absolute Gasteiger partial charge is 0.332 e. The Balaban J connectivity index is 2.12. The van der Waals surface area contributed by atoms with Gasteiger partial charge in [0, 0.05) is 26.3 Å². The van der Waals surface area contributed by atoms with Gasteiger partial charge in [-0.25, -0.2) is 4.79 Å². The lowest BCUT2D eigenvalue weighted by atomic mass is 10.2. The number of carboxylic acids is 1. The zero-order valence-corrected chi connectivity index (χ0v) is 9.94. The fourth-order valence-electron chi connectivity index (χ4n) is 1.77. The Morgan fingerprint density at radius 1 is 1.62 bits per heavy atom. The highest BCUT2D eigenvalue weighted by atomic mass is 16.5. The van der Waals surface area contributed by atoms with Crippen LogP contribution in [0, 0.1) is 0 Å². The first-order chi connectivity index (χ1) is 7.63. The largest absolute Gasteiger partial charge is 0.479 e. The molecule has 0 aliphatic carbocycles. The minimum Gasteiger partial charge on any atom is -0.479 e. The van der Waals surface area contributed by atoms with Crippen molar-refractivity contribution in [2.24, 2.45) is 0 Å². The summed E-state index contributed by atoms with van der Waals surface area (Å²) < 4.78 is 10.4. The molecule has 2 N–H and O–H groups in total. The van der Waals surface area contributed by atoms with Gasteiger partial charge in [0.25, 0.3) is 0 Å². The Labute approximate surface area is 96.1 Å². The number of carboxylic acid groups (broad SMARTS) is 1. The van der Waals surface area contributed by atoms with Gasteiger partial charge in [-0.3, -0.25) is 0 Å². The van der Waals surface area contributed by atoms with Crippen molar-refractivity contribution in [1.82, 2.24) is 5.32 Å². The summed E-state index contributed by atoms with van der Waals surface area (Å²) in [6.07, 6.45) is 1.81. The maximum absolute atomic E-state index is 10.7. The van der Waals surface area contributed by atoms with E-state index in [9.17, 15) is 4.79 Å². The highest BCUT2D eigenvalue weighted by Crippen LogP contribution is 2.19. The van der Waals surface area contributed by atoms with Crippen molar-refractivity contribution in [3.63, 3.8) is 0 Å². The van der Waals surface area contributed by atoms with Gasteiger partial charge in [-0.2, -0.15) is 0 Å². The Bertz CT molecular complexity index is 222. The van der Waals surface area contributed by atoms with Crippen molar-refractivity contribution in [2.45, 2.75) is 44.4 Å². The topological polar surface area (TPSA) is 67.8 Å². The molecule has 0 aromatic heterocycles. The summed E-state index contributed by atoms with van der Waals surface area (Å²) in [6.45, 7) is 3.54. The number of aliphatic carboxylic acids is 1. The van der Waals surface area contributed by atoms with Crippen molar-refractivity contribution >= 4 is 5.97 Å². The molecule has 0 saturated carbocycles. The van der Waals surface area contributed by atoms with Crippen LogP contribution in [0.3, 0.4) is 0 Å². The third kappa shape index (κ3) is 4.47. The molecule has 0 aromatic rings. The first kappa shape index (κ1) is 13.4. The molecule has 1 aliphatic heterocycles. The summed E-state index contributed by atoms with van der Waals surface area (Å²) >= 11 is 0. The van der Waals surface area contributed by atoms with Crippen LogP contribution in [-0.2, 0) is 14.3 Å². The lowest BCUT2D eigenvalue weighted by Crippen LogP contribution is -2.35. The number of rotatable bonds is 7. The van der Waals surface area contributed by atoms with Crippen molar-refractivity contribution in [1.29, 1.82) is 0 Å². The number of hydrogen-bond acceptors (Lipinski definition) is 4. The molecule has 0 bridgehead atoms. The van der Waals surface area contributed by atoms with Gasteiger partial charge < -0.3 is 19.9 Å². The number of carbonyl (C=O) groups is 1. The van der Waals surface area contributed by atoms with E-state index >= 15 is 0 Å². The zero-order valence-electron chi connectivity index (χ0n) is 9.94. The summed E-state index contributed by atoms with van der Waals surface area (Å²) in [4.78, 5) is 10.7. The predicted octanol–water partition coefficient (Wildman–Crippen LogP) is 0.633. The molecule has 5 heteroatoms. The summed E-state index contributed by atoms with van der Waals surface area (Å²) in [7, 11) is 1.68. The second-order valence-corrected chi connectivity index (χ2v) is 4.25. The standard InChI is InChI=1S/C11H21NO4/c1-8(5-6-15-2)12-7-9-3-4-10(16-9)11(13)14/h8-10,12H,3-7H2,1-2H3,(H,13,14). The van der Waals surface area contributed by atoms with E-state index in [1.165, 1.54) is 0 Å². The zero-order chi connectivity index (χ0) is 12.0. The molecule has 1 aliphatic rings. The summed E-state index contributed by atoms with van der Waals surface area (Å²) in [5.74, 6) is -0.852. The number of nitrogens with one attached hydrogen (secondary N) is 1. The second-order valence-electron chi connectivity index (χ2n) is 4.25. The van der Waals surface area contributed by atoms with Crippen LogP contribution in [0.15, 0.2) is 0 Å². The molecule has 1 rings (SSSR count). The molecule has 94 valence electrons. The van der Waals surface area contributed by atoms with Crippen LogP contribution in [0.25, 0.3) is 0 Å². The Kier molecular flexibility index (Phi) is 5.73. The lowest BCUT2D eigenvalue weighted by Gasteiger charge is -2.17. The second kappa shape index (κ2) is 6.83. The Morgan fingerprint density at radius 3 is 2.94 bits per heavy atom. The van der Waals surface area contributed by atoms with Gasteiger partial charge in [-0.15, -0.1) is 0 Å². The molecular weight excluding hydrogens is 210 g/mol. The van der Waals surface area contributed by atoms with E-state index in [4.69, 9.17) is 14.6 Å². The van der Waals surface area contributed by atoms with Crippen LogP contribution in [0.2, 0.25) is 0 Å². The van der Waals surface area contributed by atoms with Gasteiger partial charge in [0.2, 0.25) is 0 Å². The maximum Gasteiger partial charge on any atom is 0.332 e. The van der Waals surface area contributed by atoms with E-state index in [1.54, 1.807) is 7.11 Å². The Morgan fingerprint density at radius 2 is 2.38 bits per heavy atom. The molecule has 0 aromatic carbocycles. The van der Waals surface area contributed by atoms with Crippen LogP contribution in [0.4, 0.5) is 0 Å². The summed E-state index contributed by atoms with van der Waals surface area (Å²) in [5.41, 5.74) is 0. The number of ether oxygens (including phenoxy) is 2. The molecule has 3 atom stereocenters. The average Bonchev–Trinajstić information content (AvgIpc) is 2.72. The lowest BCUT2D eigenvalue weighted by molar-refractivity contribution is -0.149. The minimum atomic E-state index is -0.852. The normalized spacial score (nSPS) is 26.9. The van der Waals surface area contributed by atoms with Crippen molar-refractivity contribution in [3.8, 4) is 0 Å². The molecule has 1 heterocycles. The average molecular weight is 231 g/mol. The van der Waals surface area contributed by atoms with Gasteiger partial charge in [-0.05, 0) is 26.2 Å². The molecule has 1 saturated heterocycles. The van der Waals surface area contributed by atoms with Gasteiger partial charge in [0.05, 0.1) is 6.10 Å². The molecule has 1 fully saturated rings. The van der Waals surface area contributed by atoms with E-state index in [2.05, 4.69) is 12.2 Å². The van der Waals surface area contributed by atoms with Crippen LogP contribution < -0.4 is 5.32 Å². The fraction of sp³-hybridized carbons (Fsp3) is 0.909. The molecular formula is C11H21NO4. The molecule has 0 amide bonds. The molecule has 0 radical (unpaired) electrons. The van der Waals surface area contributed by atoms with Crippen LogP contribution in [0.5, 0.6) is 0 Å². The van der Waals surface area contributed by atoms with Gasteiger partial charge in [0.15, 0.2) is 6.10 Å². The van der Waals surface area contributed by atoms with Gasteiger partial charge in [0.1, 0.15) is 0 Å². The monoisotopic (exact) mass is 231 g/mol. The van der Waals surface area contributed by atoms with Crippen LogP contribution in [0.1, 0.15) is 26.2 Å². The minimum absolute atomic E-state index is 0.0334. The van der Waals surface area contributed by atoms with Crippen molar-refractivity contribution in [3.05, 3.63) is 0 Å². The highest BCUT2D eigenvalue weighted by molar-refractivity contribution is 5.72. The number of methoxy groups -OCH3 is 1. The molecule has 3 unspecified atom stereocenters. The fourth-order valence-corrected chi connectivity index (χ4v) is 1.77. The number of hydrogen-bond donors (Lipinski definition) is 2. The van der Waals surface area contributed by atoms with Crippen LogP contribution >= 0.6 is 0 Å². The van der Waals surface area contributed by atoms with Crippen LogP contribution in [-0.4, -0.2) is 49.6 Å². The third-order valence-corrected chi connectivity index (χ3v) is 2.83. The molecule has 16 heavy (non-hydrogen) atoms. The first-order valence-corrected chi connectivity index (χ1v) is 5.74. The maximum atomic E-state index is 10.7. The highest BCUT2D eigenvalue weighted by Gasteiger charge is 2.30. The van der Waals surface area contributed by atoms with E-state index in [1.807, 2.05) is 0 Å². The van der Waals surface area contributed by atoms with E-state index in [0.29, 0.717) is 19.0 Å². The first-order valence-electron chi connectivity index (χ1n) is 5.74. The predicted molar refractivity (Wildman–Crippen MR) is 59.5 cm³/mol. The summed E-state index contributed by atoms with van der Waals surface area (Å²) in [6, 6.07) is 0.368. The Hall–Kier alpha value is -0.650. The molecule has 0 spiro atoms. The van der Waals surface area contributed by atoms with Crippen molar-refractivity contribution < 1.29 is 19.4 Å².